The lowest BCUT2D eigenvalue weighted by molar-refractivity contribution is -0.129. The maximum atomic E-state index is 11.9. The fraction of sp³-hybridized carbons (Fsp3) is 0.611. The van der Waals surface area contributed by atoms with E-state index < -0.39 is 0 Å². The summed E-state index contributed by atoms with van der Waals surface area (Å²) in [5.41, 5.74) is 1.56. The second-order valence-corrected chi connectivity index (χ2v) is 6.69. The lowest BCUT2D eigenvalue weighted by Gasteiger charge is -2.34. The van der Waals surface area contributed by atoms with Crippen molar-refractivity contribution in [1.29, 1.82) is 0 Å². The minimum Gasteiger partial charge on any atom is -0.349 e. The maximum absolute atomic E-state index is 11.9. The normalized spacial score (nSPS) is 18.4. The van der Waals surface area contributed by atoms with Gasteiger partial charge in [0.1, 0.15) is 0 Å². The van der Waals surface area contributed by atoms with E-state index in [0.717, 1.165) is 6.42 Å². The summed E-state index contributed by atoms with van der Waals surface area (Å²) >= 11 is 0. The number of rotatable bonds is 6. The van der Waals surface area contributed by atoms with E-state index in [1.807, 2.05) is 14.1 Å². The first-order valence-electron chi connectivity index (χ1n) is 8.02. The zero-order chi connectivity index (χ0) is 15.3. The van der Waals surface area contributed by atoms with Crippen LogP contribution >= 0.6 is 0 Å². The summed E-state index contributed by atoms with van der Waals surface area (Å²) in [7, 11) is 3.65. The summed E-state index contributed by atoms with van der Waals surface area (Å²) in [6.07, 6.45) is 6.63. The molecule has 3 heteroatoms. The molecule has 0 saturated heterocycles. The number of nitrogens with one attached hydrogen (secondary N) is 1. The van der Waals surface area contributed by atoms with Gasteiger partial charge in [-0.15, -0.1) is 0 Å². The predicted molar refractivity (Wildman–Crippen MR) is 87.3 cm³/mol. The SMILES string of the molecule is C[C@H](CC(=O)N(C)C)NC1(Cc2ccccc2)CCCC1. The molecule has 1 aromatic rings. The minimum atomic E-state index is 0.174. The Bertz CT molecular complexity index is 450. The standard InChI is InChI=1S/C18H28N2O/c1-15(13-17(21)20(2)3)19-18(11-7-8-12-18)14-16-9-5-4-6-10-16/h4-6,9-10,15,19H,7-8,11-14H2,1-3H3/t15-/m1/s1. The maximum Gasteiger partial charge on any atom is 0.223 e. The van der Waals surface area contributed by atoms with Gasteiger partial charge in [0.15, 0.2) is 0 Å². The Morgan fingerprint density at radius 3 is 2.43 bits per heavy atom. The van der Waals surface area contributed by atoms with Gasteiger partial charge in [-0.1, -0.05) is 43.2 Å². The van der Waals surface area contributed by atoms with Crippen LogP contribution in [0.2, 0.25) is 0 Å². The molecular formula is C18H28N2O. The van der Waals surface area contributed by atoms with Crippen molar-refractivity contribution in [2.24, 2.45) is 0 Å². The van der Waals surface area contributed by atoms with E-state index in [9.17, 15) is 4.79 Å². The number of hydrogen-bond acceptors (Lipinski definition) is 2. The van der Waals surface area contributed by atoms with Crippen molar-refractivity contribution < 1.29 is 4.79 Å². The first-order chi connectivity index (χ1) is 10.0. The van der Waals surface area contributed by atoms with Gasteiger partial charge in [-0.25, -0.2) is 0 Å². The Hall–Kier alpha value is -1.35. The molecule has 0 aromatic heterocycles. The highest BCUT2D eigenvalue weighted by molar-refractivity contribution is 5.76. The van der Waals surface area contributed by atoms with Gasteiger partial charge in [-0.05, 0) is 31.7 Å². The van der Waals surface area contributed by atoms with E-state index in [1.54, 1.807) is 4.90 Å². The second-order valence-electron chi connectivity index (χ2n) is 6.69. The zero-order valence-corrected chi connectivity index (χ0v) is 13.6. The fourth-order valence-corrected chi connectivity index (χ4v) is 3.43. The van der Waals surface area contributed by atoms with Crippen LogP contribution in [0, 0.1) is 0 Å². The summed E-state index contributed by atoms with van der Waals surface area (Å²) in [6.45, 7) is 2.13. The van der Waals surface area contributed by atoms with Crippen LogP contribution in [0.5, 0.6) is 0 Å². The number of benzene rings is 1. The highest BCUT2D eigenvalue weighted by atomic mass is 16.2. The third kappa shape index (κ3) is 4.57. The third-order valence-corrected chi connectivity index (χ3v) is 4.48. The number of carbonyl (C=O) groups excluding carboxylic acids is 1. The quantitative estimate of drug-likeness (QED) is 0.873. The summed E-state index contributed by atoms with van der Waals surface area (Å²) in [4.78, 5) is 13.6. The number of hydrogen-bond donors (Lipinski definition) is 1. The van der Waals surface area contributed by atoms with Crippen molar-refractivity contribution >= 4 is 5.91 Å². The van der Waals surface area contributed by atoms with Crippen LogP contribution in [0.4, 0.5) is 0 Å². The van der Waals surface area contributed by atoms with Crippen LogP contribution in [0.1, 0.15) is 44.6 Å². The molecule has 116 valence electrons. The zero-order valence-electron chi connectivity index (χ0n) is 13.6. The van der Waals surface area contributed by atoms with Gasteiger partial charge in [0.25, 0.3) is 0 Å². The summed E-state index contributed by atoms with van der Waals surface area (Å²) in [5, 5.41) is 3.78. The van der Waals surface area contributed by atoms with E-state index in [-0.39, 0.29) is 17.5 Å². The van der Waals surface area contributed by atoms with Gasteiger partial charge >= 0.3 is 0 Å². The van der Waals surface area contributed by atoms with Crippen molar-refractivity contribution in [3.05, 3.63) is 35.9 Å². The number of nitrogens with zero attached hydrogens (tertiary/aromatic N) is 1. The second kappa shape index (κ2) is 7.08. The monoisotopic (exact) mass is 288 g/mol. The van der Waals surface area contributed by atoms with Crippen molar-refractivity contribution in [3.8, 4) is 0 Å². The molecule has 1 saturated carbocycles. The van der Waals surface area contributed by atoms with E-state index in [1.165, 1.54) is 31.2 Å². The molecule has 0 spiro atoms. The van der Waals surface area contributed by atoms with Crippen LogP contribution in [0.15, 0.2) is 30.3 Å². The molecule has 0 radical (unpaired) electrons. The number of carbonyl (C=O) groups is 1. The average Bonchev–Trinajstić information content (AvgIpc) is 2.87. The average molecular weight is 288 g/mol. The fourth-order valence-electron chi connectivity index (χ4n) is 3.43. The Morgan fingerprint density at radius 1 is 1.24 bits per heavy atom. The Kier molecular flexibility index (Phi) is 5.40. The van der Waals surface area contributed by atoms with E-state index in [0.29, 0.717) is 6.42 Å². The van der Waals surface area contributed by atoms with E-state index in [2.05, 4.69) is 42.6 Å². The topological polar surface area (TPSA) is 32.3 Å². The Morgan fingerprint density at radius 2 is 1.86 bits per heavy atom. The highest BCUT2D eigenvalue weighted by Gasteiger charge is 2.35. The van der Waals surface area contributed by atoms with Gasteiger partial charge in [-0.2, -0.15) is 0 Å². The predicted octanol–water partition coefficient (Wildman–Crippen LogP) is 3.00. The van der Waals surface area contributed by atoms with Crippen molar-refractivity contribution in [2.75, 3.05) is 14.1 Å². The van der Waals surface area contributed by atoms with Gasteiger partial charge in [-0.3, -0.25) is 4.79 Å². The van der Waals surface area contributed by atoms with E-state index in [4.69, 9.17) is 0 Å². The minimum absolute atomic E-state index is 0.174. The van der Waals surface area contributed by atoms with Crippen LogP contribution in [0.3, 0.4) is 0 Å². The summed E-state index contributed by atoms with van der Waals surface area (Å²) in [5.74, 6) is 0.197. The molecule has 3 nitrogen and oxygen atoms in total. The van der Waals surface area contributed by atoms with Crippen LogP contribution in [0.25, 0.3) is 0 Å². The van der Waals surface area contributed by atoms with Crippen LogP contribution in [-0.2, 0) is 11.2 Å². The van der Waals surface area contributed by atoms with Crippen molar-refractivity contribution in [1.82, 2.24) is 10.2 Å². The van der Waals surface area contributed by atoms with Crippen molar-refractivity contribution in [2.45, 2.75) is 57.0 Å². The first-order valence-corrected chi connectivity index (χ1v) is 8.02. The highest BCUT2D eigenvalue weighted by Crippen LogP contribution is 2.33. The Labute approximate surface area is 128 Å². The molecule has 2 rings (SSSR count). The smallest absolute Gasteiger partial charge is 0.223 e. The molecule has 1 aromatic carbocycles. The Balaban J connectivity index is 2.00. The molecule has 0 aliphatic heterocycles. The van der Waals surface area contributed by atoms with E-state index >= 15 is 0 Å². The molecule has 1 aliphatic rings. The lowest BCUT2D eigenvalue weighted by atomic mass is 9.88. The van der Waals surface area contributed by atoms with Gasteiger partial charge in [0.2, 0.25) is 5.91 Å². The summed E-state index contributed by atoms with van der Waals surface area (Å²) < 4.78 is 0. The molecule has 0 bridgehead atoms. The molecule has 1 amide bonds. The van der Waals surface area contributed by atoms with Crippen molar-refractivity contribution in [3.63, 3.8) is 0 Å². The molecule has 1 N–H and O–H groups in total. The van der Waals surface area contributed by atoms with Gasteiger partial charge in [0, 0.05) is 32.1 Å². The molecule has 1 atom stereocenters. The lowest BCUT2D eigenvalue weighted by Crippen LogP contribution is -2.50. The molecular weight excluding hydrogens is 260 g/mol. The van der Waals surface area contributed by atoms with Gasteiger partial charge in [0.05, 0.1) is 0 Å². The molecule has 21 heavy (non-hydrogen) atoms. The molecule has 0 unspecified atom stereocenters. The molecule has 0 heterocycles. The molecule has 1 fully saturated rings. The van der Waals surface area contributed by atoms with Gasteiger partial charge < -0.3 is 10.2 Å². The third-order valence-electron chi connectivity index (χ3n) is 4.48. The largest absolute Gasteiger partial charge is 0.349 e. The number of amides is 1. The summed E-state index contributed by atoms with van der Waals surface area (Å²) in [6, 6.07) is 10.9. The molecule has 1 aliphatic carbocycles. The van der Waals surface area contributed by atoms with Crippen LogP contribution < -0.4 is 5.32 Å². The first kappa shape index (κ1) is 16.0. The van der Waals surface area contributed by atoms with Crippen LogP contribution in [-0.4, -0.2) is 36.5 Å².